The van der Waals surface area contributed by atoms with Crippen LogP contribution in [-0.4, -0.2) is 27.9 Å². The van der Waals surface area contributed by atoms with Crippen molar-refractivity contribution in [3.05, 3.63) is 53.3 Å². The minimum atomic E-state index is -0.191. The topological polar surface area (TPSA) is 44.3 Å². The third-order valence-electron chi connectivity index (χ3n) is 3.68. The molecule has 0 atom stereocenters. The van der Waals surface area contributed by atoms with Gasteiger partial charge in [0.2, 0.25) is 0 Å². The summed E-state index contributed by atoms with van der Waals surface area (Å²) in [5, 5.41) is 2.16. The molecule has 2 aromatic carbocycles. The van der Waals surface area contributed by atoms with Gasteiger partial charge in [-0.25, -0.2) is 4.39 Å². The second kappa shape index (κ2) is 8.39. The van der Waals surface area contributed by atoms with Crippen molar-refractivity contribution >= 4 is 0 Å². The van der Waals surface area contributed by atoms with Crippen LogP contribution in [0.5, 0.6) is 17.2 Å². The van der Waals surface area contributed by atoms with E-state index in [2.05, 4.69) is 5.32 Å². The van der Waals surface area contributed by atoms with Crippen molar-refractivity contribution in [3.63, 3.8) is 0 Å². The standard InChI is InChI=1S/C18H22FNO3/c1-21-16-11-18(23-3)17(22-2)10-14(16)12-20-8-7-13-5-4-6-15(19)9-13/h4-6,9-11,20H,7-8,12H2,1-3H3/p+1. The van der Waals surface area contributed by atoms with Crippen LogP contribution in [0.15, 0.2) is 36.4 Å². The lowest BCUT2D eigenvalue weighted by Gasteiger charge is -2.13. The molecule has 0 radical (unpaired) electrons. The molecular formula is C18H23FNO3+. The lowest BCUT2D eigenvalue weighted by Crippen LogP contribution is -2.83. The van der Waals surface area contributed by atoms with E-state index in [4.69, 9.17) is 14.2 Å². The first-order valence-electron chi connectivity index (χ1n) is 7.53. The van der Waals surface area contributed by atoms with Gasteiger partial charge in [0.1, 0.15) is 18.1 Å². The molecule has 0 aliphatic carbocycles. The Morgan fingerprint density at radius 1 is 0.913 bits per heavy atom. The van der Waals surface area contributed by atoms with Gasteiger partial charge in [-0.2, -0.15) is 0 Å². The van der Waals surface area contributed by atoms with Crippen LogP contribution in [-0.2, 0) is 13.0 Å². The number of nitrogens with two attached hydrogens (primary N) is 1. The fourth-order valence-electron chi connectivity index (χ4n) is 2.47. The van der Waals surface area contributed by atoms with E-state index < -0.39 is 0 Å². The van der Waals surface area contributed by atoms with E-state index in [1.165, 1.54) is 6.07 Å². The van der Waals surface area contributed by atoms with Crippen molar-refractivity contribution < 1.29 is 23.9 Å². The summed E-state index contributed by atoms with van der Waals surface area (Å²) in [4.78, 5) is 0. The summed E-state index contributed by atoms with van der Waals surface area (Å²) < 4.78 is 29.2. The molecule has 2 rings (SSSR count). The summed E-state index contributed by atoms with van der Waals surface area (Å²) in [5.41, 5.74) is 2.03. The zero-order chi connectivity index (χ0) is 16.7. The molecule has 0 saturated carbocycles. The van der Waals surface area contributed by atoms with Crippen molar-refractivity contribution in [2.75, 3.05) is 27.9 Å². The number of benzene rings is 2. The van der Waals surface area contributed by atoms with E-state index in [0.29, 0.717) is 11.5 Å². The SMILES string of the molecule is COc1cc(OC)c(OC)cc1C[NH2+]CCc1cccc(F)c1. The smallest absolute Gasteiger partial charge is 0.164 e. The van der Waals surface area contributed by atoms with Gasteiger partial charge < -0.3 is 19.5 Å². The van der Waals surface area contributed by atoms with Gasteiger partial charge in [0.25, 0.3) is 0 Å². The number of rotatable bonds is 8. The van der Waals surface area contributed by atoms with Gasteiger partial charge in [-0.15, -0.1) is 0 Å². The molecule has 2 N–H and O–H groups in total. The average molecular weight is 320 g/mol. The number of halogens is 1. The molecule has 0 saturated heterocycles. The predicted molar refractivity (Wildman–Crippen MR) is 86.7 cm³/mol. The number of ether oxygens (including phenoxy) is 3. The predicted octanol–water partition coefficient (Wildman–Crippen LogP) is 2.16. The first-order chi connectivity index (χ1) is 11.2. The number of hydrogen-bond donors (Lipinski definition) is 1. The van der Waals surface area contributed by atoms with Crippen LogP contribution >= 0.6 is 0 Å². The fourth-order valence-corrected chi connectivity index (χ4v) is 2.47. The van der Waals surface area contributed by atoms with Crippen molar-refractivity contribution in [1.29, 1.82) is 0 Å². The van der Waals surface area contributed by atoms with E-state index in [0.717, 1.165) is 36.4 Å². The molecule has 4 nitrogen and oxygen atoms in total. The maximum Gasteiger partial charge on any atom is 0.164 e. The van der Waals surface area contributed by atoms with Gasteiger partial charge in [-0.3, -0.25) is 0 Å². The maximum atomic E-state index is 13.1. The van der Waals surface area contributed by atoms with Gasteiger partial charge >= 0.3 is 0 Å². The van der Waals surface area contributed by atoms with Crippen molar-refractivity contribution in [3.8, 4) is 17.2 Å². The molecule has 0 fully saturated rings. The Balaban J connectivity index is 1.97. The minimum Gasteiger partial charge on any atom is -0.496 e. The average Bonchev–Trinajstić information content (AvgIpc) is 2.58. The Bertz CT molecular complexity index is 646. The van der Waals surface area contributed by atoms with E-state index in [1.54, 1.807) is 33.5 Å². The molecule has 0 spiro atoms. The highest BCUT2D eigenvalue weighted by atomic mass is 19.1. The van der Waals surface area contributed by atoms with Crippen molar-refractivity contribution in [2.24, 2.45) is 0 Å². The molecule has 0 unspecified atom stereocenters. The summed E-state index contributed by atoms with van der Waals surface area (Å²) in [6, 6.07) is 10.5. The van der Waals surface area contributed by atoms with Gasteiger partial charge in [0.05, 0.1) is 33.4 Å². The van der Waals surface area contributed by atoms with Crippen LogP contribution in [0.4, 0.5) is 4.39 Å². The molecule has 23 heavy (non-hydrogen) atoms. The lowest BCUT2D eigenvalue weighted by molar-refractivity contribution is -0.670. The quantitative estimate of drug-likeness (QED) is 0.758. The zero-order valence-electron chi connectivity index (χ0n) is 13.8. The largest absolute Gasteiger partial charge is 0.496 e. The highest BCUT2D eigenvalue weighted by Gasteiger charge is 2.12. The van der Waals surface area contributed by atoms with Gasteiger partial charge in [0, 0.05) is 12.5 Å². The van der Waals surface area contributed by atoms with Crippen LogP contribution in [0.3, 0.4) is 0 Å². The van der Waals surface area contributed by atoms with Crippen LogP contribution in [0, 0.1) is 5.82 Å². The third-order valence-corrected chi connectivity index (χ3v) is 3.68. The van der Waals surface area contributed by atoms with E-state index in [-0.39, 0.29) is 5.82 Å². The Hall–Kier alpha value is -2.27. The first kappa shape index (κ1) is 17.1. The number of quaternary nitrogens is 1. The van der Waals surface area contributed by atoms with Crippen LogP contribution in [0.1, 0.15) is 11.1 Å². The van der Waals surface area contributed by atoms with E-state index in [1.807, 2.05) is 18.2 Å². The minimum absolute atomic E-state index is 0.191. The Morgan fingerprint density at radius 2 is 1.61 bits per heavy atom. The first-order valence-corrected chi connectivity index (χ1v) is 7.53. The van der Waals surface area contributed by atoms with Gasteiger partial charge in [-0.05, 0) is 23.8 Å². The van der Waals surface area contributed by atoms with Crippen molar-refractivity contribution in [1.82, 2.24) is 0 Å². The second-order valence-corrected chi connectivity index (χ2v) is 5.18. The Labute approximate surface area is 136 Å². The summed E-state index contributed by atoms with van der Waals surface area (Å²) in [6.45, 7) is 1.61. The second-order valence-electron chi connectivity index (χ2n) is 5.18. The summed E-state index contributed by atoms with van der Waals surface area (Å²) in [7, 11) is 4.85. The van der Waals surface area contributed by atoms with Gasteiger partial charge in [0.15, 0.2) is 11.5 Å². The van der Waals surface area contributed by atoms with Crippen molar-refractivity contribution in [2.45, 2.75) is 13.0 Å². The molecule has 124 valence electrons. The van der Waals surface area contributed by atoms with Crippen LogP contribution in [0.25, 0.3) is 0 Å². The monoisotopic (exact) mass is 320 g/mol. The molecule has 0 bridgehead atoms. The summed E-state index contributed by atoms with van der Waals surface area (Å²) in [6.07, 6.45) is 0.813. The zero-order valence-corrected chi connectivity index (χ0v) is 13.8. The lowest BCUT2D eigenvalue weighted by atomic mass is 10.1. The molecule has 0 heterocycles. The highest BCUT2D eigenvalue weighted by Crippen LogP contribution is 2.34. The number of hydrogen-bond acceptors (Lipinski definition) is 3. The Morgan fingerprint density at radius 3 is 2.26 bits per heavy atom. The summed E-state index contributed by atoms with van der Waals surface area (Å²) >= 11 is 0. The molecule has 2 aromatic rings. The molecule has 0 aliphatic heterocycles. The Kier molecular flexibility index (Phi) is 6.23. The molecule has 0 aromatic heterocycles. The normalized spacial score (nSPS) is 10.4. The van der Waals surface area contributed by atoms with Crippen LogP contribution < -0.4 is 19.5 Å². The molecular weight excluding hydrogens is 297 g/mol. The van der Waals surface area contributed by atoms with Gasteiger partial charge in [-0.1, -0.05) is 12.1 Å². The third kappa shape index (κ3) is 4.60. The molecule has 5 heteroatoms. The highest BCUT2D eigenvalue weighted by molar-refractivity contribution is 5.50. The fraction of sp³-hybridized carbons (Fsp3) is 0.333. The van der Waals surface area contributed by atoms with E-state index >= 15 is 0 Å². The summed E-state index contributed by atoms with van der Waals surface area (Å²) in [5.74, 6) is 1.91. The van der Waals surface area contributed by atoms with E-state index in [9.17, 15) is 4.39 Å². The molecule has 0 amide bonds. The van der Waals surface area contributed by atoms with Crippen LogP contribution in [0.2, 0.25) is 0 Å². The molecule has 0 aliphatic rings. The maximum absolute atomic E-state index is 13.1. The number of methoxy groups -OCH3 is 3.